The van der Waals surface area contributed by atoms with E-state index in [9.17, 15) is 0 Å². The summed E-state index contributed by atoms with van der Waals surface area (Å²) in [6, 6.07) is 1.94. The van der Waals surface area contributed by atoms with Gasteiger partial charge < -0.3 is 9.47 Å². The molecular weight excluding hydrogens is 384 g/mol. The molecule has 4 nitrogen and oxygen atoms in total. The maximum absolute atomic E-state index is 5.17. The number of thiazole rings is 1. The van der Waals surface area contributed by atoms with Crippen molar-refractivity contribution in [2.24, 2.45) is 0 Å². The topological polar surface area (TPSA) is 44.2 Å². The van der Waals surface area contributed by atoms with E-state index in [2.05, 4.69) is 41.8 Å². The second-order valence-corrected chi connectivity index (χ2v) is 5.99. The summed E-state index contributed by atoms with van der Waals surface area (Å²) in [5.74, 6) is 0. The van der Waals surface area contributed by atoms with E-state index in [1.165, 1.54) is 11.3 Å². The molecule has 0 aliphatic carbocycles. The molecule has 0 amide bonds. The zero-order valence-corrected chi connectivity index (χ0v) is 13.7. The van der Waals surface area contributed by atoms with Crippen LogP contribution in [0.15, 0.2) is 26.6 Å². The van der Waals surface area contributed by atoms with Gasteiger partial charge in [-0.05, 0) is 37.9 Å². The van der Waals surface area contributed by atoms with Crippen molar-refractivity contribution < 1.29 is 9.47 Å². The quantitative estimate of drug-likeness (QED) is 0.735. The lowest BCUT2D eigenvalue weighted by atomic mass is 10.3. The first-order valence-corrected chi connectivity index (χ1v) is 7.44. The Morgan fingerprint density at radius 2 is 2.00 bits per heavy atom. The van der Waals surface area contributed by atoms with Gasteiger partial charge in [0.2, 0.25) is 6.29 Å². The first-order valence-electron chi connectivity index (χ1n) is 4.98. The number of hydrogen-bond donors (Lipinski definition) is 0. The summed E-state index contributed by atoms with van der Waals surface area (Å²) in [6.45, 7) is 0. The van der Waals surface area contributed by atoms with E-state index < -0.39 is 6.29 Å². The highest BCUT2D eigenvalue weighted by atomic mass is 79.9. The van der Waals surface area contributed by atoms with Crippen LogP contribution in [0.1, 0.15) is 12.0 Å². The third-order valence-corrected chi connectivity index (χ3v) is 4.11. The Morgan fingerprint density at radius 1 is 1.28 bits per heavy atom. The van der Waals surface area contributed by atoms with Crippen molar-refractivity contribution in [1.29, 1.82) is 0 Å². The first-order chi connectivity index (χ1) is 8.65. The molecule has 18 heavy (non-hydrogen) atoms. The van der Waals surface area contributed by atoms with E-state index in [0.717, 1.165) is 25.3 Å². The molecule has 0 N–H and O–H groups in total. The molecule has 0 radical (unpaired) electrons. The van der Waals surface area contributed by atoms with E-state index in [1.54, 1.807) is 20.4 Å². The van der Waals surface area contributed by atoms with Gasteiger partial charge in [-0.2, -0.15) is 0 Å². The standard InChI is InChI=1S/C11H10Br2N2O2S/c1-16-11(17-2)8-5-18-10(15-8)9-7(13)3-6(12)4-14-9/h3-5,11H,1-2H3. The average Bonchev–Trinajstić information content (AvgIpc) is 2.80. The monoisotopic (exact) mass is 392 g/mol. The number of halogens is 2. The molecule has 0 saturated carbocycles. The fraction of sp³-hybridized carbons (Fsp3) is 0.273. The number of nitrogens with zero attached hydrogens (tertiary/aromatic N) is 2. The number of hydrogen-bond acceptors (Lipinski definition) is 5. The van der Waals surface area contributed by atoms with Crippen LogP contribution in [0.25, 0.3) is 10.7 Å². The van der Waals surface area contributed by atoms with Crippen LogP contribution in [0.2, 0.25) is 0 Å². The van der Waals surface area contributed by atoms with Gasteiger partial charge in [0.25, 0.3) is 0 Å². The van der Waals surface area contributed by atoms with E-state index in [0.29, 0.717) is 0 Å². The zero-order chi connectivity index (χ0) is 13.1. The lowest BCUT2D eigenvalue weighted by Crippen LogP contribution is -2.03. The van der Waals surface area contributed by atoms with Crippen molar-refractivity contribution in [2.75, 3.05) is 14.2 Å². The fourth-order valence-corrected chi connectivity index (χ4v) is 3.55. The SMILES string of the molecule is COC(OC)c1csc(-c2ncc(Br)cc2Br)n1. The lowest BCUT2D eigenvalue weighted by Gasteiger charge is -2.09. The maximum atomic E-state index is 5.17. The largest absolute Gasteiger partial charge is 0.350 e. The molecule has 7 heteroatoms. The molecular formula is C11H10Br2N2O2S. The molecule has 0 unspecified atom stereocenters. The molecule has 0 saturated heterocycles. The molecule has 0 aliphatic heterocycles. The molecule has 0 atom stereocenters. The molecule has 2 rings (SSSR count). The van der Waals surface area contributed by atoms with Gasteiger partial charge in [0.05, 0.1) is 0 Å². The molecule has 0 bridgehead atoms. The molecule has 2 heterocycles. The van der Waals surface area contributed by atoms with Crippen molar-refractivity contribution in [3.8, 4) is 10.7 Å². The Balaban J connectivity index is 2.34. The number of pyridine rings is 1. The summed E-state index contributed by atoms with van der Waals surface area (Å²) in [5, 5.41) is 2.73. The second-order valence-electron chi connectivity index (χ2n) is 3.36. The van der Waals surface area contributed by atoms with Gasteiger partial charge in [0.1, 0.15) is 16.4 Å². The molecule has 0 fully saturated rings. The number of aromatic nitrogens is 2. The van der Waals surface area contributed by atoms with Gasteiger partial charge in [0.15, 0.2) is 0 Å². The van der Waals surface area contributed by atoms with Crippen molar-refractivity contribution in [1.82, 2.24) is 9.97 Å². The molecule has 96 valence electrons. The Morgan fingerprint density at radius 3 is 2.61 bits per heavy atom. The van der Waals surface area contributed by atoms with Crippen molar-refractivity contribution in [3.05, 3.63) is 32.3 Å². The first kappa shape index (κ1) is 14.1. The van der Waals surface area contributed by atoms with Crippen molar-refractivity contribution >= 4 is 43.2 Å². The van der Waals surface area contributed by atoms with Crippen LogP contribution in [0.5, 0.6) is 0 Å². The zero-order valence-electron chi connectivity index (χ0n) is 9.68. The minimum atomic E-state index is -0.441. The highest BCUT2D eigenvalue weighted by Crippen LogP contribution is 2.32. The maximum Gasteiger partial charge on any atom is 0.201 e. The average molecular weight is 394 g/mol. The summed E-state index contributed by atoms with van der Waals surface area (Å²) in [7, 11) is 3.17. The number of rotatable bonds is 4. The van der Waals surface area contributed by atoms with Gasteiger partial charge in [-0.3, -0.25) is 4.98 Å². The van der Waals surface area contributed by atoms with Crippen LogP contribution in [-0.2, 0) is 9.47 Å². The number of methoxy groups -OCH3 is 2. The molecule has 0 aromatic carbocycles. The molecule has 2 aromatic heterocycles. The molecule has 0 aliphatic rings. The fourth-order valence-electron chi connectivity index (χ4n) is 1.41. The van der Waals surface area contributed by atoms with Crippen molar-refractivity contribution in [2.45, 2.75) is 6.29 Å². The van der Waals surface area contributed by atoms with Crippen LogP contribution in [-0.4, -0.2) is 24.2 Å². The van der Waals surface area contributed by atoms with Crippen LogP contribution in [0.4, 0.5) is 0 Å². The Hall–Kier alpha value is -0.340. The Bertz CT molecular complexity index is 544. The van der Waals surface area contributed by atoms with E-state index in [1.807, 2.05) is 11.4 Å². The van der Waals surface area contributed by atoms with E-state index in [-0.39, 0.29) is 0 Å². The van der Waals surface area contributed by atoms with E-state index >= 15 is 0 Å². The van der Waals surface area contributed by atoms with Crippen LogP contribution < -0.4 is 0 Å². The van der Waals surface area contributed by atoms with E-state index in [4.69, 9.17) is 9.47 Å². The third-order valence-electron chi connectivity index (χ3n) is 2.20. The minimum Gasteiger partial charge on any atom is -0.350 e. The van der Waals surface area contributed by atoms with Gasteiger partial charge in [-0.15, -0.1) is 11.3 Å². The van der Waals surface area contributed by atoms with Crippen molar-refractivity contribution in [3.63, 3.8) is 0 Å². The highest BCUT2D eigenvalue weighted by molar-refractivity contribution is 9.11. The number of ether oxygens (including phenoxy) is 2. The predicted octanol–water partition coefficient (Wildman–Crippen LogP) is 4.02. The summed E-state index contributed by atoms with van der Waals surface area (Å²) < 4.78 is 12.1. The predicted molar refractivity (Wildman–Crippen MR) is 77.5 cm³/mol. The third kappa shape index (κ3) is 2.97. The van der Waals surface area contributed by atoms with Crippen LogP contribution in [0, 0.1) is 0 Å². The Labute approximate surface area is 126 Å². The van der Waals surface area contributed by atoms with Gasteiger partial charge in [0, 0.05) is 34.7 Å². The smallest absolute Gasteiger partial charge is 0.201 e. The van der Waals surface area contributed by atoms with Gasteiger partial charge >= 0.3 is 0 Å². The summed E-state index contributed by atoms with van der Waals surface area (Å²) in [4.78, 5) is 8.82. The van der Waals surface area contributed by atoms with Crippen LogP contribution in [0.3, 0.4) is 0 Å². The lowest BCUT2D eigenvalue weighted by molar-refractivity contribution is -0.108. The summed E-state index contributed by atoms with van der Waals surface area (Å²) in [5.41, 5.74) is 1.55. The molecule has 2 aromatic rings. The van der Waals surface area contributed by atoms with Gasteiger partial charge in [-0.25, -0.2) is 4.98 Å². The Kier molecular flexibility index (Phi) is 4.85. The van der Waals surface area contributed by atoms with Crippen LogP contribution >= 0.6 is 43.2 Å². The molecule has 0 spiro atoms. The minimum absolute atomic E-state index is 0.441. The summed E-state index contributed by atoms with van der Waals surface area (Å²) >= 11 is 8.35. The second kappa shape index (κ2) is 6.21. The summed E-state index contributed by atoms with van der Waals surface area (Å²) in [6.07, 6.45) is 1.30. The van der Waals surface area contributed by atoms with Gasteiger partial charge in [-0.1, -0.05) is 0 Å². The normalized spacial score (nSPS) is 11.2. The highest BCUT2D eigenvalue weighted by Gasteiger charge is 2.16.